The molecule has 17 heavy (non-hydrogen) atoms. The van der Waals surface area contributed by atoms with Crippen LogP contribution in [0.2, 0.25) is 0 Å². The molecule has 0 bridgehead atoms. The second kappa shape index (κ2) is 4.91. The van der Waals surface area contributed by atoms with Crippen LogP contribution < -0.4 is 11.1 Å². The molecule has 1 saturated carbocycles. The smallest absolute Gasteiger partial charge is 0.235 e. The zero-order valence-corrected chi connectivity index (χ0v) is 10.5. The third-order valence-electron chi connectivity index (χ3n) is 2.83. The van der Waals surface area contributed by atoms with Crippen LogP contribution in [0.1, 0.15) is 25.7 Å². The lowest BCUT2D eigenvalue weighted by atomic mass is 9.96. The summed E-state index contributed by atoms with van der Waals surface area (Å²) in [7, 11) is -3.38. The summed E-state index contributed by atoms with van der Waals surface area (Å²) in [6.07, 6.45) is 3.78. The second-order valence-corrected chi connectivity index (χ2v) is 6.53. The molecule has 0 aromatic carbocycles. The lowest BCUT2D eigenvalue weighted by molar-refractivity contribution is -0.119. The Morgan fingerprint density at radius 1 is 1.47 bits per heavy atom. The normalized spacial score (nSPS) is 20.2. The van der Waals surface area contributed by atoms with Crippen molar-refractivity contribution in [2.24, 2.45) is 10.9 Å². The summed E-state index contributed by atoms with van der Waals surface area (Å²) in [5.74, 6) is -1.29. The first-order chi connectivity index (χ1) is 7.79. The topological polar surface area (TPSA) is 122 Å². The van der Waals surface area contributed by atoms with Crippen molar-refractivity contribution in [3.8, 4) is 0 Å². The molecule has 7 nitrogen and oxygen atoms in total. The fourth-order valence-electron chi connectivity index (χ4n) is 2.06. The third kappa shape index (κ3) is 3.58. The summed E-state index contributed by atoms with van der Waals surface area (Å²) in [6.45, 7) is 0. The number of carbonyl (C=O) groups excluding carboxylic acids is 1. The number of rotatable bonds is 4. The van der Waals surface area contributed by atoms with E-state index in [1.165, 1.54) is 0 Å². The van der Waals surface area contributed by atoms with Gasteiger partial charge in [0.25, 0.3) is 0 Å². The minimum absolute atomic E-state index is 0.0724. The zero-order chi connectivity index (χ0) is 13.1. The van der Waals surface area contributed by atoms with E-state index < -0.39 is 27.0 Å². The van der Waals surface area contributed by atoms with Crippen LogP contribution in [-0.2, 0) is 14.6 Å². The monoisotopic (exact) mass is 263 g/mol. The van der Waals surface area contributed by atoms with Crippen LogP contribution in [0.3, 0.4) is 0 Å². The Labute approximate surface area is 100.0 Å². The molecule has 1 aliphatic carbocycles. The standard InChI is InChI=1S/C9H17N3O4S/c1-17(15,16)6-7(13)11-9(8(10)12-14)4-2-3-5-9/h14H,2-6H2,1H3,(H2,10,12)(H,11,13). The molecule has 1 amide bonds. The van der Waals surface area contributed by atoms with E-state index in [0.717, 1.165) is 19.1 Å². The molecular weight excluding hydrogens is 246 g/mol. The Hall–Kier alpha value is -1.31. The van der Waals surface area contributed by atoms with Crippen molar-refractivity contribution in [2.45, 2.75) is 31.2 Å². The van der Waals surface area contributed by atoms with E-state index in [4.69, 9.17) is 10.9 Å². The molecule has 1 rings (SSSR count). The minimum atomic E-state index is -3.38. The van der Waals surface area contributed by atoms with E-state index in [9.17, 15) is 13.2 Å². The van der Waals surface area contributed by atoms with Gasteiger partial charge in [-0.1, -0.05) is 18.0 Å². The maximum atomic E-state index is 11.6. The first kappa shape index (κ1) is 13.8. The SMILES string of the molecule is CS(=O)(=O)CC(=O)NC1(C(N)=NO)CCCC1. The van der Waals surface area contributed by atoms with Gasteiger partial charge in [0.1, 0.15) is 11.3 Å². The number of amides is 1. The van der Waals surface area contributed by atoms with E-state index in [-0.39, 0.29) is 5.84 Å². The highest BCUT2D eigenvalue weighted by molar-refractivity contribution is 7.91. The van der Waals surface area contributed by atoms with Gasteiger partial charge in [-0.05, 0) is 12.8 Å². The van der Waals surface area contributed by atoms with Crippen LogP contribution in [0.25, 0.3) is 0 Å². The number of oxime groups is 1. The Kier molecular flexibility index (Phi) is 3.97. The number of hydrogen-bond acceptors (Lipinski definition) is 5. The molecule has 1 aliphatic rings. The highest BCUT2D eigenvalue weighted by Crippen LogP contribution is 2.29. The molecule has 0 saturated heterocycles. The number of hydrogen-bond donors (Lipinski definition) is 3. The molecule has 4 N–H and O–H groups in total. The van der Waals surface area contributed by atoms with Crippen LogP contribution in [0, 0.1) is 0 Å². The molecule has 0 heterocycles. The van der Waals surface area contributed by atoms with E-state index >= 15 is 0 Å². The van der Waals surface area contributed by atoms with Crippen molar-refractivity contribution in [1.82, 2.24) is 5.32 Å². The maximum absolute atomic E-state index is 11.6. The molecule has 8 heteroatoms. The predicted molar refractivity (Wildman–Crippen MR) is 62.5 cm³/mol. The van der Waals surface area contributed by atoms with Gasteiger partial charge in [-0.15, -0.1) is 0 Å². The average molecular weight is 263 g/mol. The van der Waals surface area contributed by atoms with Crippen LogP contribution in [0.5, 0.6) is 0 Å². The van der Waals surface area contributed by atoms with Gasteiger partial charge >= 0.3 is 0 Å². The third-order valence-corrected chi connectivity index (χ3v) is 3.61. The number of nitrogens with two attached hydrogens (primary N) is 1. The number of sulfone groups is 1. The summed E-state index contributed by atoms with van der Waals surface area (Å²) in [6, 6.07) is 0. The number of nitrogens with zero attached hydrogens (tertiary/aromatic N) is 1. The number of nitrogens with one attached hydrogen (secondary N) is 1. The number of amidine groups is 1. The molecule has 0 spiro atoms. The lowest BCUT2D eigenvalue weighted by Gasteiger charge is -2.28. The lowest BCUT2D eigenvalue weighted by Crippen LogP contribution is -2.56. The molecular formula is C9H17N3O4S. The fourth-order valence-corrected chi connectivity index (χ4v) is 2.61. The van der Waals surface area contributed by atoms with Crippen LogP contribution in [0.4, 0.5) is 0 Å². The molecule has 0 aromatic heterocycles. The summed E-state index contributed by atoms with van der Waals surface area (Å²) in [4.78, 5) is 11.6. The van der Waals surface area contributed by atoms with E-state index in [1.54, 1.807) is 0 Å². The second-order valence-electron chi connectivity index (χ2n) is 4.39. The predicted octanol–water partition coefficient (Wildman–Crippen LogP) is -0.794. The van der Waals surface area contributed by atoms with E-state index in [2.05, 4.69) is 10.5 Å². The van der Waals surface area contributed by atoms with Crippen molar-refractivity contribution in [3.05, 3.63) is 0 Å². The zero-order valence-electron chi connectivity index (χ0n) is 9.64. The Balaban J connectivity index is 2.79. The van der Waals surface area contributed by atoms with Gasteiger partial charge < -0.3 is 16.3 Å². The van der Waals surface area contributed by atoms with Crippen LogP contribution >= 0.6 is 0 Å². The van der Waals surface area contributed by atoms with Crippen molar-refractivity contribution in [3.63, 3.8) is 0 Å². The van der Waals surface area contributed by atoms with Gasteiger partial charge in [-0.3, -0.25) is 4.79 Å². The highest BCUT2D eigenvalue weighted by Gasteiger charge is 2.40. The molecule has 0 radical (unpaired) electrons. The van der Waals surface area contributed by atoms with Gasteiger partial charge in [0.2, 0.25) is 5.91 Å². The first-order valence-electron chi connectivity index (χ1n) is 5.26. The van der Waals surface area contributed by atoms with Crippen molar-refractivity contribution in [1.29, 1.82) is 0 Å². The van der Waals surface area contributed by atoms with Crippen LogP contribution in [0.15, 0.2) is 5.16 Å². The molecule has 0 aliphatic heterocycles. The van der Waals surface area contributed by atoms with Crippen molar-refractivity contribution in [2.75, 3.05) is 12.0 Å². The number of carbonyl (C=O) groups is 1. The maximum Gasteiger partial charge on any atom is 0.235 e. The Morgan fingerprint density at radius 3 is 2.41 bits per heavy atom. The first-order valence-corrected chi connectivity index (χ1v) is 7.32. The van der Waals surface area contributed by atoms with Crippen molar-refractivity contribution >= 4 is 21.6 Å². The molecule has 0 aromatic rings. The van der Waals surface area contributed by atoms with Gasteiger partial charge in [0, 0.05) is 6.26 Å². The Morgan fingerprint density at radius 2 is 2.00 bits per heavy atom. The summed E-state index contributed by atoms with van der Waals surface area (Å²) >= 11 is 0. The van der Waals surface area contributed by atoms with Gasteiger partial charge in [-0.2, -0.15) is 0 Å². The highest BCUT2D eigenvalue weighted by atomic mass is 32.2. The summed E-state index contributed by atoms with van der Waals surface area (Å²) < 4.78 is 22.0. The average Bonchev–Trinajstić information content (AvgIpc) is 2.63. The van der Waals surface area contributed by atoms with E-state index in [1.807, 2.05) is 0 Å². The molecule has 98 valence electrons. The van der Waals surface area contributed by atoms with Gasteiger partial charge in [0.15, 0.2) is 15.7 Å². The minimum Gasteiger partial charge on any atom is -0.409 e. The van der Waals surface area contributed by atoms with E-state index in [0.29, 0.717) is 12.8 Å². The summed E-state index contributed by atoms with van der Waals surface area (Å²) in [5, 5.41) is 14.2. The van der Waals surface area contributed by atoms with Crippen molar-refractivity contribution < 1.29 is 18.4 Å². The molecule has 0 atom stereocenters. The largest absolute Gasteiger partial charge is 0.409 e. The van der Waals surface area contributed by atoms with Crippen LogP contribution in [-0.4, -0.2) is 42.9 Å². The summed E-state index contributed by atoms with van der Waals surface area (Å²) in [5.41, 5.74) is 4.67. The van der Waals surface area contributed by atoms with Gasteiger partial charge in [0.05, 0.1) is 0 Å². The van der Waals surface area contributed by atoms with Gasteiger partial charge in [-0.25, -0.2) is 8.42 Å². The fraction of sp³-hybridized carbons (Fsp3) is 0.778. The Bertz CT molecular complexity index is 424. The quantitative estimate of drug-likeness (QED) is 0.265. The molecule has 1 fully saturated rings. The molecule has 0 unspecified atom stereocenters.